The molecule has 0 saturated carbocycles. The highest BCUT2D eigenvalue weighted by molar-refractivity contribution is 6.42. The Bertz CT molecular complexity index is 624. The van der Waals surface area contributed by atoms with Crippen LogP contribution in [0.5, 0.6) is 5.75 Å². The minimum absolute atomic E-state index is 0.254. The summed E-state index contributed by atoms with van der Waals surface area (Å²) in [6.45, 7) is 0.396. The number of carbonyl (C=O) groups is 1. The molecule has 110 valence electrons. The van der Waals surface area contributed by atoms with Crippen molar-refractivity contribution >= 4 is 29.2 Å². The highest BCUT2D eigenvalue weighted by Gasteiger charge is 2.04. The minimum Gasteiger partial charge on any atom is -0.489 e. The lowest BCUT2D eigenvalue weighted by atomic mass is 10.1. The maximum absolute atomic E-state index is 11.2. The van der Waals surface area contributed by atoms with Crippen LogP contribution in [0.3, 0.4) is 0 Å². The van der Waals surface area contributed by atoms with E-state index in [-0.39, 0.29) is 12.4 Å². The number of hydrogen-bond acceptors (Lipinski definition) is 3. The molecule has 0 radical (unpaired) electrons. The van der Waals surface area contributed by atoms with Crippen LogP contribution in [0.15, 0.2) is 42.5 Å². The summed E-state index contributed by atoms with van der Waals surface area (Å²) in [7, 11) is 1.37. The summed E-state index contributed by atoms with van der Waals surface area (Å²) in [6.07, 6.45) is 0.254. The van der Waals surface area contributed by atoms with Crippen molar-refractivity contribution in [2.75, 3.05) is 7.11 Å². The third kappa shape index (κ3) is 4.66. The fourth-order valence-corrected chi connectivity index (χ4v) is 2.06. The molecule has 0 aromatic heterocycles. The predicted molar refractivity (Wildman–Crippen MR) is 83.0 cm³/mol. The second-order valence-corrected chi connectivity index (χ2v) is 5.25. The largest absolute Gasteiger partial charge is 0.489 e. The first-order chi connectivity index (χ1) is 10.1. The summed E-state index contributed by atoms with van der Waals surface area (Å²) < 4.78 is 10.3. The number of rotatable bonds is 5. The Balaban J connectivity index is 1.94. The lowest BCUT2D eigenvalue weighted by molar-refractivity contribution is -0.139. The number of esters is 1. The second kappa shape index (κ2) is 7.34. The van der Waals surface area contributed by atoms with Crippen LogP contribution in [0.4, 0.5) is 0 Å². The highest BCUT2D eigenvalue weighted by Crippen LogP contribution is 2.23. The lowest BCUT2D eigenvalue weighted by Gasteiger charge is -2.08. The van der Waals surface area contributed by atoms with Crippen LogP contribution < -0.4 is 4.74 Å². The Kier molecular flexibility index (Phi) is 5.48. The van der Waals surface area contributed by atoms with E-state index in [1.807, 2.05) is 30.3 Å². The zero-order valence-corrected chi connectivity index (χ0v) is 12.9. The Labute approximate surface area is 133 Å². The van der Waals surface area contributed by atoms with Crippen LogP contribution in [0.1, 0.15) is 11.1 Å². The third-order valence-corrected chi connectivity index (χ3v) is 3.63. The van der Waals surface area contributed by atoms with E-state index in [1.54, 1.807) is 12.1 Å². The smallest absolute Gasteiger partial charge is 0.309 e. The van der Waals surface area contributed by atoms with Crippen molar-refractivity contribution in [2.24, 2.45) is 0 Å². The van der Waals surface area contributed by atoms with Crippen molar-refractivity contribution in [3.05, 3.63) is 63.6 Å². The van der Waals surface area contributed by atoms with Gasteiger partial charge in [0, 0.05) is 0 Å². The van der Waals surface area contributed by atoms with Gasteiger partial charge in [0.15, 0.2) is 0 Å². The zero-order chi connectivity index (χ0) is 15.2. The van der Waals surface area contributed by atoms with Crippen molar-refractivity contribution in [3.63, 3.8) is 0 Å². The van der Waals surface area contributed by atoms with E-state index in [0.29, 0.717) is 16.7 Å². The van der Waals surface area contributed by atoms with E-state index < -0.39 is 0 Å². The van der Waals surface area contributed by atoms with E-state index in [9.17, 15) is 4.79 Å². The van der Waals surface area contributed by atoms with Crippen molar-refractivity contribution in [2.45, 2.75) is 13.0 Å². The molecule has 2 aromatic carbocycles. The molecule has 5 heteroatoms. The first-order valence-corrected chi connectivity index (χ1v) is 7.06. The average Bonchev–Trinajstić information content (AvgIpc) is 2.50. The lowest BCUT2D eigenvalue weighted by Crippen LogP contribution is -2.04. The van der Waals surface area contributed by atoms with Crippen LogP contribution in [0.2, 0.25) is 10.0 Å². The average molecular weight is 325 g/mol. The van der Waals surface area contributed by atoms with E-state index in [1.165, 1.54) is 7.11 Å². The van der Waals surface area contributed by atoms with Crippen molar-refractivity contribution in [3.8, 4) is 5.75 Å². The summed E-state index contributed by atoms with van der Waals surface area (Å²) >= 11 is 11.8. The standard InChI is InChI=1S/C16H14Cl2O3/c1-20-16(19)9-11-2-5-13(6-3-11)21-10-12-4-7-14(17)15(18)8-12/h2-8H,9-10H2,1H3. The summed E-state index contributed by atoms with van der Waals surface area (Å²) in [5.41, 5.74) is 1.81. The van der Waals surface area contributed by atoms with Gasteiger partial charge in [0.25, 0.3) is 0 Å². The first kappa shape index (κ1) is 15.7. The topological polar surface area (TPSA) is 35.5 Å². The monoisotopic (exact) mass is 324 g/mol. The van der Waals surface area contributed by atoms with E-state index in [0.717, 1.165) is 16.9 Å². The highest BCUT2D eigenvalue weighted by atomic mass is 35.5. The third-order valence-electron chi connectivity index (χ3n) is 2.89. The molecular weight excluding hydrogens is 311 g/mol. The van der Waals surface area contributed by atoms with Gasteiger partial charge in [0.1, 0.15) is 12.4 Å². The number of benzene rings is 2. The van der Waals surface area contributed by atoms with Gasteiger partial charge in [-0.15, -0.1) is 0 Å². The van der Waals surface area contributed by atoms with Crippen molar-refractivity contribution < 1.29 is 14.3 Å². The van der Waals surface area contributed by atoms with Gasteiger partial charge in [-0.05, 0) is 35.4 Å². The van der Waals surface area contributed by atoms with E-state index in [2.05, 4.69) is 4.74 Å². The normalized spacial score (nSPS) is 10.2. The predicted octanol–water partition coefficient (Wildman–Crippen LogP) is 4.29. The summed E-state index contributed by atoms with van der Waals surface area (Å²) in [5.74, 6) is 0.453. The van der Waals surface area contributed by atoms with Crippen LogP contribution >= 0.6 is 23.2 Å². The molecule has 0 aliphatic rings. The molecule has 2 aromatic rings. The minimum atomic E-state index is -0.264. The first-order valence-electron chi connectivity index (χ1n) is 6.31. The zero-order valence-electron chi connectivity index (χ0n) is 11.4. The van der Waals surface area contributed by atoms with Crippen molar-refractivity contribution in [1.29, 1.82) is 0 Å². The fourth-order valence-electron chi connectivity index (χ4n) is 1.74. The van der Waals surface area contributed by atoms with E-state index in [4.69, 9.17) is 27.9 Å². The van der Waals surface area contributed by atoms with Crippen LogP contribution in [-0.2, 0) is 22.6 Å². The van der Waals surface area contributed by atoms with Gasteiger partial charge < -0.3 is 9.47 Å². The number of methoxy groups -OCH3 is 1. The van der Waals surface area contributed by atoms with Crippen LogP contribution in [0.25, 0.3) is 0 Å². The van der Waals surface area contributed by atoms with Gasteiger partial charge in [0.2, 0.25) is 0 Å². The number of hydrogen-bond donors (Lipinski definition) is 0. The summed E-state index contributed by atoms with van der Waals surface area (Å²) in [6, 6.07) is 12.7. The Morgan fingerprint density at radius 3 is 2.29 bits per heavy atom. The van der Waals surface area contributed by atoms with Crippen molar-refractivity contribution in [1.82, 2.24) is 0 Å². The molecule has 0 heterocycles. The quantitative estimate of drug-likeness (QED) is 0.770. The van der Waals surface area contributed by atoms with Crippen LogP contribution in [-0.4, -0.2) is 13.1 Å². The molecule has 0 atom stereocenters. The Morgan fingerprint density at radius 2 is 1.67 bits per heavy atom. The molecule has 0 bridgehead atoms. The molecular formula is C16H14Cl2O3. The number of carbonyl (C=O) groups excluding carboxylic acids is 1. The fraction of sp³-hybridized carbons (Fsp3) is 0.188. The second-order valence-electron chi connectivity index (χ2n) is 4.43. The molecule has 0 spiro atoms. The maximum atomic E-state index is 11.2. The van der Waals surface area contributed by atoms with Gasteiger partial charge >= 0.3 is 5.97 Å². The van der Waals surface area contributed by atoms with Gasteiger partial charge in [-0.25, -0.2) is 0 Å². The van der Waals surface area contributed by atoms with Gasteiger partial charge in [0.05, 0.1) is 23.6 Å². The molecule has 21 heavy (non-hydrogen) atoms. The summed E-state index contributed by atoms with van der Waals surface area (Å²) in [5, 5.41) is 1.03. The molecule has 3 nitrogen and oxygen atoms in total. The van der Waals surface area contributed by atoms with Gasteiger partial charge in [-0.3, -0.25) is 4.79 Å². The molecule has 0 unspecified atom stereocenters. The van der Waals surface area contributed by atoms with Crippen LogP contribution in [0, 0.1) is 0 Å². The molecule has 0 amide bonds. The molecule has 0 N–H and O–H groups in total. The Hall–Kier alpha value is -1.71. The van der Waals surface area contributed by atoms with E-state index >= 15 is 0 Å². The van der Waals surface area contributed by atoms with Gasteiger partial charge in [-0.2, -0.15) is 0 Å². The SMILES string of the molecule is COC(=O)Cc1ccc(OCc2ccc(Cl)c(Cl)c2)cc1. The number of ether oxygens (including phenoxy) is 2. The molecule has 2 rings (SSSR count). The molecule has 0 fully saturated rings. The molecule has 0 aliphatic heterocycles. The molecule has 0 saturated heterocycles. The maximum Gasteiger partial charge on any atom is 0.309 e. The molecule has 0 aliphatic carbocycles. The number of halogens is 2. The van der Waals surface area contributed by atoms with Gasteiger partial charge in [-0.1, -0.05) is 41.4 Å². The Morgan fingerprint density at radius 1 is 1.00 bits per heavy atom. The summed E-state index contributed by atoms with van der Waals surface area (Å²) in [4.78, 5) is 11.2.